The Morgan fingerprint density at radius 3 is 2.69 bits per heavy atom. The molecule has 1 fully saturated rings. The molecule has 1 aromatic heterocycles. The molecule has 0 amide bonds. The number of carbonyl (C=O) groups is 1. The Balaban J connectivity index is 2.38. The van der Waals surface area contributed by atoms with Gasteiger partial charge in [-0.05, 0) is 33.1 Å². The number of hydrogen-bond donors (Lipinski definition) is 0. The Kier molecular flexibility index (Phi) is 2.99. The van der Waals surface area contributed by atoms with Crippen LogP contribution in [0.1, 0.15) is 54.5 Å². The molecule has 2 rings (SSSR count). The second kappa shape index (κ2) is 4.28. The van der Waals surface area contributed by atoms with E-state index in [0.29, 0.717) is 18.2 Å². The molecule has 0 spiro atoms. The van der Waals surface area contributed by atoms with Crippen LogP contribution in [-0.2, 0) is 11.2 Å². The van der Waals surface area contributed by atoms with E-state index in [2.05, 4.69) is 12.0 Å². The van der Waals surface area contributed by atoms with Crippen molar-refractivity contribution in [2.75, 3.05) is 6.61 Å². The highest BCUT2D eigenvalue weighted by Crippen LogP contribution is 2.36. The van der Waals surface area contributed by atoms with Crippen molar-refractivity contribution >= 4 is 5.97 Å². The molecule has 0 aromatic carbocycles. The molecule has 0 atom stereocenters. The lowest BCUT2D eigenvalue weighted by Gasteiger charge is -2.05. The molecule has 88 valence electrons. The number of nitrogens with zero attached hydrogens (tertiary/aromatic N) is 2. The summed E-state index contributed by atoms with van der Waals surface area (Å²) in [5.74, 6) is -0.233. The van der Waals surface area contributed by atoms with Crippen LogP contribution in [0.5, 0.6) is 0 Å². The third-order valence-corrected chi connectivity index (χ3v) is 2.89. The summed E-state index contributed by atoms with van der Waals surface area (Å²) in [7, 11) is 0. The summed E-state index contributed by atoms with van der Waals surface area (Å²) in [6.45, 7) is 6.17. The number of carbonyl (C=O) groups excluding carboxylic acids is 1. The van der Waals surface area contributed by atoms with Gasteiger partial charge in [-0.25, -0.2) is 4.79 Å². The first kappa shape index (κ1) is 11.2. The summed E-state index contributed by atoms with van der Waals surface area (Å²) in [5, 5.41) is 4.46. The second-order valence-corrected chi connectivity index (χ2v) is 4.16. The number of ether oxygens (including phenoxy) is 1. The Labute approximate surface area is 95.6 Å². The first-order valence-electron chi connectivity index (χ1n) is 5.94. The SMILES string of the molecule is CCOC(=O)c1c(C)nn(C2CC2)c1CC. The molecule has 16 heavy (non-hydrogen) atoms. The predicted molar refractivity (Wildman–Crippen MR) is 60.6 cm³/mol. The molecule has 0 aliphatic heterocycles. The maximum absolute atomic E-state index is 11.8. The number of hydrogen-bond acceptors (Lipinski definition) is 3. The van der Waals surface area contributed by atoms with E-state index in [9.17, 15) is 4.79 Å². The van der Waals surface area contributed by atoms with Crippen LogP contribution in [0.15, 0.2) is 0 Å². The lowest BCUT2D eigenvalue weighted by molar-refractivity contribution is 0.0524. The summed E-state index contributed by atoms with van der Waals surface area (Å²) in [6, 6.07) is 0.511. The smallest absolute Gasteiger partial charge is 0.341 e. The molecule has 1 aromatic rings. The first-order chi connectivity index (χ1) is 7.69. The Hall–Kier alpha value is -1.32. The van der Waals surface area contributed by atoms with Crippen molar-refractivity contribution in [3.63, 3.8) is 0 Å². The van der Waals surface area contributed by atoms with Gasteiger partial charge in [0.2, 0.25) is 0 Å². The molecule has 0 unspecified atom stereocenters. The van der Waals surface area contributed by atoms with E-state index in [4.69, 9.17) is 4.74 Å². The second-order valence-electron chi connectivity index (χ2n) is 4.16. The van der Waals surface area contributed by atoms with Gasteiger partial charge in [-0.1, -0.05) is 6.92 Å². The van der Waals surface area contributed by atoms with Crippen molar-refractivity contribution in [2.24, 2.45) is 0 Å². The van der Waals surface area contributed by atoms with Crippen LogP contribution in [0.3, 0.4) is 0 Å². The van der Waals surface area contributed by atoms with Crippen LogP contribution in [0.2, 0.25) is 0 Å². The normalized spacial score (nSPS) is 15.2. The number of aryl methyl sites for hydroxylation is 1. The van der Waals surface area contributed by atoms with Crippen molar-refractivity contribution < 1.29 is 9.53 Å². The maximum Gasteiger partial charge on any atom is 0.341 e. The standard InChI is InChI=1S/C12H18N2O2/c1-4-10-11(12(15)16-5-2)8(3)13-14(10)9-6-7-9/h9H,4-7H2,1-3H3. The van der Waals surface area contributed by atoms with Gasteiger partial charge >= 0.3 is 5.97 Å². The van der Waals surface area contributed by atoms with Crippen LogP contribution in [0.25, 0.3) is 0 Å². The molecule has 1 aliphatic rings. The zero-order chi connectivity index (χ0) is 11.7. The fourth-order valence-electron chi connectivity index (χ4n) is 2.02. The van der Waals surface area contributed by atoms with Crippen molar-refractivity contribution in [2.45, 2.75) is 46.1 Å². The number of esters is 1. The summed E-state index contributed by atoms with van der Waals surface area (Å²) >= 11 is 0. The monoisotopic (exact) mass is 222 g/mol. The lowest BCUT2D eigenvalue weighted by Crippen LogP contribution is -2.09. The molecule has 0 radical (unpaired) electrons. The average Bonchev–Trinajstić information content (AvgIpc) is 3.02. The molecule has 1 aliphatic carbocycles. The van der Waals surface area contributed by atoms with Gasteiger partial charge in [0, 0.05) is 0 Å². The minimum atomic E-state index is -0.233. The fourth-order valence-corrected chi connectivity index (χ4v) is 2.02. The maximum atomic E-state index is 11.8. The van der Waals surface area contributed by atoms with Gasteiger partial charge in [-0.3, -0.25) is 4.68 Å². The quantitative estimate of drug-likeness (QED) is 0.734. The third kappa shape index (κ3) is 1.84. The van der Waals surface area contributed by atoms with Crippen LogP contribution in [-0.4, -0.2) is 22.4 Å². The van der Waals surface area contributed by atoms with Crippen LogP contribution in [0, 0.1) is 6.92 Å². The van der Waals surface area contributed by atoms with E-state index in [1.165, 1.54) is 12.8 Å². The molecule has 1 heterocycles. The van der Waals surface area contributed by atoms with Crippen LogP contribution in [0.4, 0.5) is 0 Å². The molecule has 4 nitrogen and oxygen atoms in total. The summed E-state index contributed by atoms with van der Waals surface area (Å²) in [5.41, 5.74) is 2.50. The lowest BCUT2D eigenvalue weighted by atomic mass is 10.1. The van der Waals surface area contributed by atoms with Gasteiger partial charge in [0.15, 0.2) is 0 Å². The fraction of sp³-hybridized carbons (Fsp3) is 0.667. The van der Waals surface area contributed by atoms with E-state index in [1.54, 1.807) is 0 Å². The van der Waals surface area contributed by atoms with Crippen molar-refractivity contribution in [3.8, 4) is 0 Å². The van der Waals surface area contributed by atoms with E-state index < -0.39 is 0 Å². The van der Waals surface area contributed by atoms with Gasteiger partial charge < -0.3 is 4.74 Å². The molecular formula is C12H18N2O2. The molecule has 0 saturated heterocycles. The Bertz CT molecular complexity index is 405. The van der Waals surface area contributed by atoms with Crippen LogP contribution < -0.4 is 0 Å². The number of rotatable bonds is 4. The van der Waals surface area contributed by atoms with E-state index in [1.807, 2.05) is 18.5 Å². The van der Waals surface area contributed by atoms with Gasteiger partial charge in [-0.2, -0.15) is 5.10 Å². The van der Waals surface area contributed by atoms with E-state index in [0.717, 1.165) is 17.8 Å². The number of aromatic nitrogens is 2. The molecule has 4 heteroatoms. The molecular weight excluding hydrogens is 204 g/mol. The minimum Gasteiger partial charge on any atom is -0.462 e. The molecule has 0 N–H and O–H groups in total. The van der Waals surface area contributed by atoms with Crippen LogP contribution >= 0.6 is 0 Å². The average molecular weight is 222 g/mol. The molecule has 0 bridgehead atoms. The highest BCUT2D eigenvalue weighted by Gasteiger charge is 2.30. The minimum absolute atomic E-state index is 0.233. The van der Waals surface area contributed by atoms with E-state index >= 15 is 0 Å². The van der Waals surface area contributed by atoms with Crippen molar-refractivity contribution in [3.05, 3.63) is 17.0 Å². The summed E-state index contributed by atoms with van der Waals surface area (Å²) in [6.07, 6.45) is 3.18. The molecule has 1 saturated carbocycles. The predicted octanol–water partition coefficient (Wildman–Crippen LogP) is 2.27. The third-order valence-electron chi connectivity index (χ3n) is 2.89. The van der Waals surface area contributed by atoms with Gasteiger partial charge in [-0.15, -0.1) is 0 Å². The summed E-state index contributed by atoms with van der Waals surface area (Å²) in [4.78, 5) is 11.8. The highest BCUT2D eigenvalue weighted by atomic mass is 16.5. The van der Waals surface area contributed by atoms with Crippen molar-refractivity contribution in [1.82, 2.24) is 9.78 Å². The van der Waals surface area contributed by atoms with E-state index in [-0.39, 0.29) is 5.97 Å². The van der Waals surface area contributed by atoms with Gasteiger partial charge in [0.05, 0.1) is 24.0 Å². The Morgan fingerprint density at radius 1 is 1.50 bits per heavy atom. The van der Waals surface area contributed by atoms with Gasteiger partial charge in [0.25, 0.3) is 0 Å². The first-order valence-corrected chi connectivity index (χ1v) is 5.94. The summed E-state index contributed by atoms with van der Waals surface area (Å²) < 4.78 is 7.09. The van der Waals surface area contributed by atoms with Gasteiger partial charge in [0.1, 0.15) is 5.56 Å². The topological polar surface area (TPSA) is 44.1 Å². The highest BCUT2D eigenvalue weighted by molar-refractivity contribution is 5.92. The zero-order valence-electron chi connectivity index (χ0n) is 10.1. The largest absolute Gasteiger partial charge is 0.462 e. The Morgan fingerprint density at radius 2 is 2.19 bits per heavy atom. The van der Waals surface area contributed by atoms with Crippen molar-refractivity contribution in [1.29, 1.82) is 0 Å². The zero-order valence-corrected chi connectivity index (χ0v) is 10.1.